The van der Waals surface area contributed by atoms with Crippen molar-refractivity contribution >= 4 is 132 Å². The fourth-order valence-electron chi connectivity index (χ4n) is 9.08. The van der Waals surface area contributed by atoms with Crippen LogP contribution in [0.2, 0.25) is 0 Å². The molecule has 0 aliphatic heterocycles. The molecule has 0 spiro atoms. The molecule has 11 aromatic rings. The fourth-order valence-corrected chi connectivity index (χ4v) is 9.08. The molecule has 0 bridgehead atoms. The smallest absolute Gasteiger partial charge is 0.135 e. The average molecular weight is 722 g/mol. The highest BCUT2D eigenvalue weighted by Crippen LogP contribution is 2.44. The lowest BCUT2D eigenvalue weighted by Gasteiger charge is -2.25. The van der Waals surface area contributed by atoms with Gasteiger partial charge in [-0.05, 0) is 118 Å². The van der Waals surface area contributed by atoms with E-state index in [4.69, 9.17) is 43.6 Å². The number of hydrogen-bond acceptors (Lipinski definition) is 1. The van der Waals surface area contributed by atoms with Crippen LogP contribution in [-0.2, 0) is 0 Å². The molecule has 0 N–H and O–H groups in total. The van der Waals surface area contributed by atoms with E-state index in [0.29, 0.717) is 16.5 Å². The minimum absolute atomic E-state index is 0.199. The highest BCUT2D eigenvalue weighted by Gasteiger charge is 2.21. The summed E-state index contributed by atoms with van der Waals surface area (Å²) in [6.45, 7) is 0. The van der Waals surface area contributed by atoms with Gasteiger partial charge in [0.1, 0.15) is 50.4 Å². The molecule has 10 aromatic carbocycles. The second-order valence-electron chi connectivity index (χ2n) is 15.1. The summed E-state index contributed by atoms with van der Waals surface area (Å²) >= 11 is 0. The quantitative estimate of drug-likeness (QED) is 0.101. The predicted octanol–water partition coefficient (Wildman–Crippen LogP) is 8.84. The van der Waals surface area contributed by atoms with Crippen molar-refractivity contribution in [3.63, 3.8) is 0 Å². The Kier molecular flexibility index (Phi) is 7.88. The number of furan rings is 1. The van der Waals surface area contributed by atoms with Gasteiger partial charge < -0.3 is 4.42 Å². The molecule has 0 unspecified atom stereocenters. The van der Waals surface area contributed by atoms with Crippen molar-refractivity contribution in [1.29, 1.82) is 0 Å². The second kappa shape index (κ2) is 13.2. The van der Waals surface area contributed by atoms with Crippen molar-refractivity contribution in [3.8, 4) is 44.5 Å². The normalized spacial score (nSPS) is 11.8. The van der Waals surface area contributed by atoms with Gasteiger partial charge in [-0.15, -0.1) is 16.4 Å². The summed E-state index contributed by atoms with van der Waals surface area (Å²) in [7, 11) is 32.3. The highest BCUT2D eigenvalue weighted by atomic mass is 16.3. The van der Waals surface area contributed by atoms with E-state index in [0.717, 1.165) is 76.9 Å². The number of rotatable bonds is 4. The lowest BCUT2D eigenvalue weighted by Crippen LogP contribution is -2.55. The summed E-state index contributed by atoms with van der Waals surface area (Å²) in [5.74, 6) is 0. The van der Waals surface area contributed by atoms with Gasteiger partial charge in [-0.25, -0.2) is 0 Å². The third kappa shape index (κ3) is 5.18. The summed E-state index contributed by atoms with van der Waals surface area (Å²) < 4.78 is 6.17. The molecule has 0 aliphatic carbocycles. The molecule has 11 rings (SSSR count). The maximum atomic E-state index is 6.68. The number of fused-ring (bicyclic) bond motifs is 8. The largest absolute Gasteiger partial charge is 0.456 e. The van der Waals surface area contributed by atoms with Crippen LogP contribution in [0.3, 0.4) is 0 Å². The molecule has 10 radical (unpaired) electrons. The van der Waals surface area contributed by atoms with Gasteiger partial charge in [-0.2, -0.15) is 0 Å². The van der Waals surface area contributed by atoms with Crippen LogP contribution in [-0.4, -0.2) is 39.2 Å². The lowest BCUT2D eigenvalue weighted by atomic mass is 9.59. The summed E-state index contributed by atoms with van der Waals surface area (Å²) in [6, 6.07) is 58.1. The van der Waals surface area contributed by atoms with E-state index in [-0.39, 0.29) is 16.4 Å². The molecule has 58 heavy (non-hydrogen) atoms. The van der Waals surface area contributed by atoms with Crippen molar-refractivity contribution in [1.82, 2.24) is 0 Å². The van der Waals surface area contributed by atoms with Crippen molar-refractivity contribution in [2.24, 2.45) is 0 Å². The summed E-state index contributed by atoms with van der Waals surface area (Å²) in [4.78, 5) is 0. The number of benzene rings is 10. The topological polar surface area (TPSA) is 13.1 Å². The first-order chi connectivity index (χ1) is 28.4. The Morgan fingerprint density at radius 3 is 1.41 bits per heavy atom. The van der Waals surface area contributed by atoms with Gasteiger partial charge in [0.25, 0.3) is 0 Å². The Balaban J connectivity index is 1.05. The fraction of sp³-hybridized carbons (Fsp3) is 0. The van der Waals surface area contributed by atoms with Crippen LogP contribution >= 0.6 is 0 Å². The zero-order chi connectivity index (χ0) is 39.2. The predicted molar refractivity (Wildman–Crippen MR) is 252 cm³/mol. The molecule has 0 saturated heterocycles. The zero-order valence-electron chi connectivity index (χ0n) is 31.4. The van der Waals surface area contributed by atoms with E-state index in [1.807, 2.05) is 24.3 Å². The van der Waals surface area contributed by atoms with Gasteiger partial charge in [0.2, 0.25) is 0 Å². The van der Waals surface area contributed by atoms with Gasteiger partial charge >= 0.3 is 0 Å². The first-order valence-corrected chi connectivity index (χ1v) is 19.3. The van der Waals surface area contributed by atoms with Crippen molar-refractivity contribution < 1.29 is 4.42 Å². The van der Waals surface area contributed by atoms with E-state index in [2.05, 4.69) is 140 Å². The standard InChI is InChI=1S/C52H27B5O/c53-48-47(49(54)51(56)52(57)50(48)55)46-39-14-5-3-12-37(39)45(38-13-4-6-15-40(38)46)29-19-17-28(18-20-29)30-21-23-33-32(25-30)27-41(35-10-2-1-9-34(33)35)31-22-24-44-42(26-31)36-11-7-8-16-43(36)58-44/h1-27H. The third-order valence-electron chi connectivity index (χ3n) is 11.9. The van der Waals surface area contributed by atoms with Gasteiger partial charge in [-0.1, -0.05) is 144 Å². The zero-order valence-corrected chi connectivity index (χ0v) is 31.4. The van der Waals surface area contributed by atoms with Crippen LogP contribution in [0.1, 0.15) is 0 Å². The molecule has 1 heterocycles. The van der Waals surface area contributed by atoms with Crippen LogP contribution in [0.4, 0.5) is 0 Å². The van der Waals surface area contributed by atoms with Gasteiger partial charge in [0.15, 0.2) is 0 Å². The molecule has 0 aliphatic rings. The van der Waals surface area contributed by atoms with E-state index >= 15 is 0 Å². The maximum absolute atomic E-state index is 6.68. The van der Waals surface area contributed by atoms with Crippen LogP contribution < -0.4 is 27.3 Å². The van der Waals surface area contributed by atoms with Crippen molar-refractivity contribution in [2.45, 2.75) is 0 Å². The molecular weight excluding hydrogens is 695 g/mol. The van der Waals surface area contributed by atoms with E-state index in [9.17, 15) is 0 Å². The Bertz CT molecular complexity index is 3420. The number of para-hydroxylation sites is 1. The third-order valence-corrected chi connectivity index (χ3v) is 11.9. The Morgan fingerprint density at radius 2 is 0.759 bits per heavy atom. The Hall–Kier alpha value is -6.64. The molecule has 0 amide bonds. The SMILES string of the molecule is [B]c1c([B])c([B])c(-c2c3ccccc3c(-c3ccc(-c4ccc5c(c4)cc(-c4ccc6oc7ccccc7c6c4)c4ccccc45)cc3)c3ccccc23)c([B])c1[B]. The van der Waals surface area contributed by atoms with Crippen molar-refractivity contribution in [2.75, 3.05) is 0 Å². The van der Waals surface area contributed by atoms with Gasteiger partial charge in [0.05, 0.1) is 0 Å². The molecule has 0 saturated carbocycles. The Morgan fingerprint density at radius 1 is 0.276 bits per heavy atom. The van der Waals surface area contributed by atoms with E-state index in [1.165, 1.54) is 27.1 Å². The van der Waals surface area contributed by atoms with Gasteiger partial charge in [-0.3, -0.25) is 0 Å². The molecule has 0 fully saturated rings. The second-order valence-corrected chi connectivity index (χ2v) is 15.1. The summed E-state index contributed by atoms with van der Waals surface area (Å²) in [5, 5.41) is 11.2. The summed E-state index contributed by atoms with van der Waals surface area (Å²) in [5.41, 5.74) is 11.4. The van der Waals surface area contributed by atoms with Crippen LogP contribution in [0.25, 0.3) is 110 Å². The molecule has 256 valence electrons. The van der Waals surface area contributed by atoms with Crippen LogP contribution in [0.15, 0.2) is 168 Å². The van der Waals surface area contributed by atoms with Crippen LogP contribution in [0, 0.1) is 0 Å². The van der Waals surface area contributed by atoms with Crippen molar-refractivity contribution in [3.05, 3.63) is 164 Å². The Labute approximate surface area is 342 Å². The van der Waals surface area contributed by atoms with E-state index < -0.39 is 0 Å². The van der Waals surface area contributed by atoms with Gasteiger partial charge in [0, 0.05) is 10.8 Å². The minimum atomic E-state index is 0.199. The maximum Gasteiger partial charge on any atom is 0.135 e. The average Bonchev–Trinajstić information content (AvgIpc) is 3.65. The monoisotopic (exact) mass is 722 g/mol. The molecule has 1 aromatic heterocycles. The molecule has 6 heteroatoms. The summed E-state index contributed by atoms with van der Waals surface area (Å²) in [6.07, 6.45) is 0. The van der Waals surface area contributed by atoms with E-state index in [1.54, 1.807) is 0 Å². The first-order valence-electron chi connectivity index (χ1n) is 19.3. The lowest BCUT2D eigenvalue weighted by molar-refractivity contribution is 0.669. The minimum Gasteiger partial charge on any atom is -0.456 e. The molecular formula is C52H27B5O. The number of hydrogen-bond donors (Lipinski definition) is 0. The molecule has 0 atom stereocenters. The van der Waals surface area contributed by atoms with Crippen LogP contribution in [0.5, 0.6) is 0 Å². The highest BCUT2D eigenvalue weighted by molar-refractivity contribution is 6.69. The first kappa shape index (κ1) is 34.6. The molecule has 1 nitrogen and oxygen atoms in total.